The molecule has 3 aromatic carbocycles. The minimum absolute atomic E-state index is 0.109. The first-order valence-corrected chi connectivity index (χ1v) is 12.6. The Bertz CT molecular complexity index is 1560. The summed E-state index contributed by atoms with van der Waals surface area (Å²) in [6, 6.07) is 24.1. The lowest BCUT2D eigenvalue weighted by atomic mass is 9.87. The number of fused-ring (bicyclic) bond motifs is 3. The number of hydrogen-bond donors (Lipinski definition) is 0. The molecule has 0 bridgehead atoms. The third-order valence-electron chi connectivity index (χ3n) is 6.11. The largest absolute Gasteiger partial charge is 0.497 e. The maximum absolute atomic E-state index is 13.6. The summed E-state index contributed by atoms with van der Waals surface area (Å²) in [5, 5.41) is 1.52. The lowest BCUT2D eigenvalue weighted by Crippen LogP contribution is -2.23. The number of nitrogens with zero attached hydrogens (tertiary/aromatic N) is 2. The summed E-state index contributed by atoms with van der Waals surface area (Å²) < 4.78 is 13.0. The Morgan fingerprint density at radius 2 is 1.74 bits per heavy atom. The fraction of sp³-hybridized carbons (Fsp3) is 0.241. The topological polar surface area (TPSA) is 57.3 Å². The number of aromatic nitrogens is 2. The van der Waals surface area contributed by atoms with E-state index in [0.29, 0.717) is 28.6 Å². The van der Waals surface area contributed by atoms with Gasteiger partial charge in [0.05, 0.1) is 13.7 Å². The molecule has 0 N–H and O–H groups in total. The summed E-state index contributed by atoms with van der Waals surface area (Å²) in [7, 11) is 1.64. The van der Waals surface area contributed by atoms with Crippen molar-refractivity contribution in [2.24, 2.45) is 0 Å². The van der Waals surface area contributed by atoms with Crippen molar-refractivity contribution in [3.8, 4) is 5.75 Å². The normalized spacial score (nSPS) is 11.9. The van der Waals surface area contributed by atoms with Crippen LogP contribution < -0.4 is 10.3 Å². The summed E-state index contributed by atoms with van der Waals surface area (Å²) in [4.78, 5) is 18.6. The molecule has 0 saturated heterocycles. The molecule has 2 aromatic heterocycles. The molecule has 0 spiro atoms. The second kappa shape index (κ2) is 9.27. The van der Waals surface area contributed by atoms with E-state index in [1.54, 1.807) is 23.4 Å². The van der Waals surface area contributed by atoms with Crippen molar-refractivity contribution in [2.75, 3.05) is 7.11 Å². The van der Waals surface area contributed by atoms with Crippen LogP contribution >= 0.6 is 11.8 Å². The number of methoxy groups -OCH3 is 1. The average molecular weight is 485 g/mol. The van der Waals surface area contributed by atoms with Crippen LogP contribution in [0.4, 0.5) is 0 Å². The molecule has 5 aromatic rings. The number of rotatable bonds is 6. The van der Waals surface area contributed by atoms with Gasteiger partial charge in [-0.05, 0) is 46.4 Å². The zero-order valence-corrected chi connectivity index (χ0v) is 21.2. The standard InChI is InChI=1S/C29H28N2O3S/c1-29(2,3)21-14-12-19(13-15-21)18-35-28-30-25-23-10-5-6-11-24(23)34-26(25)27(32)31(28)17-20-8-7-9-22(16-20)33-4/h5-16H,17-18H2,1-4H3. The van der Waals surface area contributed by atoms with E-state index in [0.717, 1.165) is 16.7 Å². The van der Waals surface area contributed by atoms with Crippen molar-refractivity contribution in [2.45, 2.75) is 43.6 Å². The number of thioether (sulfide) groups is 1. The molecule has 0 radical (unpaired) electrons. The molecule has 35 heavy (non-hydrogen) atoms. The first-order valence-electron chi connectivity index (χ1n) is 11.6. The van der Waals surface area contributed by atoms with Crippen LogP contribution in [0.2, 0.25) is 0 Å². The number of para-hydroxylation sites is 1. The molecule has 0 aliphatic rings. The van der Waals surface area contributed by atoms with E-state index in [1.807, 2.05) is 48.5 Å². The van der Waals surface area contributed by atoms with Crippen LogP contribution in [0, 0.1) is 0 Å². The second-order valence-corrected chi connectivity index (χ2v) is 10.6. The molecular weight excluding hydrogens is 456 g/mol. The van der Waals surface area contributed by atoms with Crippen LogP contribution in [0.3, 0.4) is 0 Å². The second-order valence-electron chi connectivity index (χ2n) is 9.65. The summed E-state index contributed by atoms with van der Waals surface area (Å²) in [6.45, 7) is 7.01. The van der Waals surface area contributed by atoms with Crippen molar-refractivity contribution in [1.82, 2.24) is 9.55 Å². The SMILES string of the molecule is COc1cccc(Cn2c(SCc3ccc(C(C)(C)C)cc3)nc3c(oc4ccccc43)c2=O)c1. The first kappa shape index (κ1) is 23.2. The van der Waals surface area contributed by atoms with Crippen LogP contribution in [0.1, 0.15) is 37.5 Å². The molecule has 5 rings (SSSR count). The summed E-state index contributed by atoms with van der Waals surface area (Å²) in [5.74, 6) is 1.46. The maximum atomic E-state index is 13.6. The molecule has 0 unspecified atom stereocenters. The summed E-state index contributed by atoms with van der Waals surface area (Å²) >= 11 is 1.56. The van der Waals surface area contributed by atoms with Gasteiger partial charge in [-0.15, -0.1) is 0 Å². The Morgan fingerprint density at radius 1 is 0.971 bits per heavy atom. The van der Waals surface area contributed by atoms with Gasteiger partial charge in [-0.2, -0.15) is 0 Å². The minimum Gasteiger partial charge on any atom is -0.497 e. The van der Waals surface area contributed by atoms with Gasteiger partial charge in [-0.3, -0.25) is 9.36 Å². The van der Waals surface area contributed by atoms with E-state index < -0.39 is 0 Å². The molecule has 178 valence electrons. The van der Waals surface area contributed by atoms with Crippen LogP contribution in [0.15, 0.2) is 87.2 Å². The van der Waals surface area contributed by atoms with Gasteiger partial charge in [0.15, 0.2) is 5.16 Å². The van der Waals surface area contributed by atoms with Crippen molar-refractivity contribution >= 4 is 33.8 Å². The fourth-order valence-electron chi connectivity index (χ4n) is 4.11. The summed E-state index contributed by atoms with van der Waals surface area (Å²) in [5.41, 5.74) is 4.93. The maximum Gasteiger partial charge on any atom is 0.298 e. The van der Waals surface area contributed by atoms with Crippen molar-refractivity contribution in [3.63, 3.8) is 0 Å². The van der Waals surface area contributed by atoms with E-state index in [2.05, 4.69) is 45.0 Å². The molecular formula is C29H28N2O3S. The fourth-order valence-corrected chi connectivity index (χ4v) is 5.05. The lowest BCUT2D eigenvalue weighted by molar-refractivity contribution is 0.414. The highest BCUT2D eigenvalue weighted by Crippen LogP contribution is 2.30. The van der Waals surface area contributed by atoms with E-state index in [-0.39, 0.29) is 16.6 Å². The van der Waals surface area contributed by atoms with Crippen LogP contribution in [0.25, 0.3) is 22.1 Å². The Kier molecular flexibility index (Phi) is 6.15. The van der Waals surface area contributed by atoms with Crippen LogP contribution in [-0.4, -0.2) is 16.7 Å². The molecule has 2 heterocycles. The Hall–Kier alpha value is -3.51. The molecule has 5 nitrogen and oxygen atoms in total. The smallest absolute Gasteiger partial charge is 0.298 e. The van der Waals surface area contributed by atoms with Gasteiger partial charge < -0.3 is 9.15 Å². The van der Waals surface area contributed by atoms with Gasteiger partial charge in [0.2, 0.25) is 5.58 Å². The molecule has 6 heteroatoms. The van der Waals surface area contributed by atoms with Gasteiger partial charge in [0, 0.05) is 11.1 Å². The van der Waals surface area contributed by atoms with E-state index in [9.17, 15) is 4.79 Å². The molecule has 0 aliphatic heterocycles. The predicted octanol–water partition coefficient (Wildman–Crippen LogP) is 6.79. The third kappa shape index (κ3) is 4.71. The first-order chi connectivity index (χ1) is 16.8. The average Bonchev–Trinajstić information content (AvgIpc) is 3.23. The van der Waals surface area contributed by atoms with Gasteiger partial charge in [-0.1, -0.05) is 81.1 Å². The van der Waals surface area contributed by atoms with Gasteiger partial charge in [0.1, 0.15) is 16.8 Å². The molecule has 0 fully saturated rings. The van der Waals surface area contributed by atoms with Crippen molar-refractivity contribution < 1.29 is 9.15 Å². The quantitative estimate of drug-likeness (QED) is 0.196. The number of furan rings is 1. The highest BCUT2D eigenvalue weighted by atomic mass is 32.2. The van der Waals surface area contributed by atoms with E-state index in [4.69, 9.17) is 14.1 Å². The van der Waals surface area contributed by atoms with E-state index >= 15 is 0 Å². The van der Waals surface area contributed by atoms with Gasteiger partial charge >= 0.3 is 0 Å². The van der Waals surface area contributed by atoms with Crippen molar-refractivity contribution in [3.05, 3.63) is 99.8 Å². The molecule has 0 aliphatic carbocycles. The number of hydrogen-bond acceptors (Lipinski definition) is 5. The number of benzene rings is 3. The Morgan fingerprint density at radius 3 is 2.49 bits per heavy atom. The zero-order chi connectivity index (χ0) is 24.6. The number of ether oxygens (including phenoxy) is 1. The monoisotopic (exact) mass is 484 g/mol. The molecule has 0 saturated carbocycles. The highest BCUT2D eigenvalue weighted by molar-refractivity contribution is 7.98. The summed E-state index contributed by atoms with van der Waals surface area (Å²) in [6.07, 6.45) is 0. The predicted molar refractivity (Wildman–Crippen MR) is 143 cm³/mol. The molecule has 0 atom stereocenters. The van der Waals surface area contributed by atoms with Gasteiger partial charge in [-0.25, -0.2) is 4.98 Å². The van der Waals surface area contributed by atoms with Gasteiger partial charge in [0.25, 0.3) is 5.56 Å². The minimum atomic E-state index is -0.181. The van der Waals surface area contributed by atoms with Crippen LogP contribution in [-0.2, 0) is 17.7 Å². The Labute approximate surface area is 208 Å². The highest BCUT2D eigenvalue weighted by Gasteiger charge is 2.19. The third-order valence-corrected chi connectivity index (χ3v) is 7.16. The lowest BCUT2D eigenvalue weighted by Gasteiger charge is -2.19. The van der Waals surface area contributed by atoms with Crippen molar-refractivity contribution in [1.29, 1.82) is 0 Å². The Balaban J connectivity index is 1.56. The van der Waals surface area contributed by atoms with E-state index in [1.165, 1.54) is 11.1 Å². The zero-order valence-electron chi connectivity index (χ0n) is 20.4. The van der Waals surface area contributed by atoms with Crippen LogP contribution in [0.5, 0.6) is 5.75 Å². The molecule has 0 amide bonds.